The zero-order valence-corrected chi connectivity index (χ0v) is 11.4. The monoisotopic (exact) mass is 293 g/mol. The first kappa shape index (κ1) is 16.5. The molecular weight excluding hydrogens is 275 g/mol. The maximum absolute atomic E-state index is 12.5. The number of carboxylic acids is 1. The van der Waals surface area contributed by atoms with Crippen LogP contribution in [-0.2, 0) is 9.59 Å². The summed E-state index contributed by atoms with van der Waals surface area (Å²) < 4.78 is 37.5. The van der Waals surface area contributed by atoms with E-state index in [0.717, 1.165) is 0 Å². The van der Waals surface area contributed by atoms with E-state index < -0.39 is 24.0 Å². The minimum absolute atomic E-state index is 0.00484. The summed E-state index contributed by atoms with van der Waals surface area (Å²) in [7, 11) is 0. The van der Waals surface area contributed by atoms with Crippen LogP contribution in [0.15, 0.2) is 11.1 Å². The molecule has 0 aromatic rings. The third-order valence-electron chi connectivity index (χ3n) is 3.75. The molecule has 4 nitrogen and oxygen atoms in total. The Balaban J connectivity index is 2.55. The van der Waals surface area contributed by atoms with Gasteiger partial charge in [0, 0.05) is 17.2 Å². The molecule has 114 valence electrons. The second kappa shape index (κ2) is 6.28. The van der Waals surface area contributed by atoms with Gasteiger partial charge in [-0.05, 0) is 39.5 Å². The molecular formula is C13H18F3NO3. The van der Waals surface area contributed by atoms with E-state index in [9.17, 15) is 22.8 Å². The third kappa shape index (κ3) is 4.25. The largest absolute Gasteiger partial charge is 0.478 e. The van der Waals surface area contributed by atoms with Crippen LogP contribution in [0, 0.1) is 5.92 Å². The number of carbonyl (C=O) groups excluding carboxylic acids is 1. The highest BCUT2D eigenvalue weighted by Gasteiger charge is 2.41. The van der Waals surface area contributed by atoms with Crippen molar-refractivity contribution in [3.8, 4) is 0 Å². The van der Waals surface area contributed by atoms with Gasteiger partial charge in [0.15, 0.2) is 0 Å². The molecule has 0 unspecified atom stereocenters. The van der Waals surface area contributed by atoms with E-state index in [1.807, 2.05) is 0 Å². The highest BCUT2D eigenvalue weighted by atomic mass is 19.4. The van der Waals surface area contributed by atoms with Gasteiger partial charge >= 0.3 is 12.1 Å². The number of hydrogen-bond acceptors (Lipinski definition) is 2. The van der Waals surface area contributed by atoms with Crippen molar-refractivity contribution in [2.24, 2.45) is 5.92 Å². The summed E-state index contributed by atoms with van der Waals surface area (Å²) in [4.78, 5) is 22.5. The van der Waals surface area contributed by atoms with Gasteiger partial charge in [-0.25, -0.2) is 4.79 Å². The molecule has 1 rings (SSSR count). The molecule has 1 aliphatic rings. The van der Waals surface area contributed by atoms with Crippen molar-refractivity contribution >= 4 is 11.9 Å². The van der Waals surface area contributed by atoms with Crippen LogP contribution in [0.25, 0.3) is 0 Å². The van der Waals surface area contributed by atoms with E-state index in [4.69, 9.17) is 5.11 Å². The lowest BCUT2D eigenvalue weighted by atomic mass is 9.85. The zero-order chi connectivity index (χ0) is 15.5. The third-order valence-corrected chi connectivity index (χ3v) is 3.75. The maximum atomic E-state index is 12.5. The Morgan fingerprint density at radius 2 is 1.55 bits per heavy atom. The summed E-state index contributed by atoms with van der Waals surface area (Å²) in [6.45, 7) is 2.71. The predicted molar refractivity (Wildman–Crippen MR) is 66.0 cm³/mol. The fraction of sp³-hybridized carbons (Fsp3) is 0.692. The van der Waals surface area contributed by atoms with E-state index in [-0.39, 0.29) is 42.9 Å². The predicted octanol–water partition coefficient (Wildman–Crippen LogP) is 2.64. The van der Waals surface area contributed by atoms with Crippen LogP contribution in [-0.4, -0.2) is 29.2 Å². The van der Waals surface area contributed by atoms with Crippen LogP contribution in [0.2, 0.25) is 0 Å². The van der Waals surface area contributed by atoms with Crippen LogP contribution in [0.3, 0.4) is 0 Å². The van der Waals surface area contributed by atoms with E-state index in [2.05, 4.69) is 5.32 Å². The normalized spacial score (nSPS) is 24.9. The average Bonchev–Trinajstić information content (AvgIpc) is 2.36. The van der Waals surface area contributed by atoms with Gasteiger partial charge in [0.1, 0.15) is 0 Å². The molecule has 0 aromatic carbocycles. The molecule has 0 radical (unpaired) electrons. The summed E-state index contributed by atoms with van der Waals surface area (Å²) in [6, 6.07) is -0.322. The van der Waals surface area contributed by atoms with Crippen molar-refractivity contribution in [1.29, 1.82) is 0 Å². The van der Waals surface area contributed by atoms with Crippen molar-refractivity contribution in [3.05, 3.63) is 11.1 Å². The van der Waals surface area contributed by atoms with Gasteiger partial charge in [0.05, 0.1) is 5.92 Å². The van der Waals surface area contributed by atoms with Gasteiger partial charge in [0.25, 0.3) is 0 Å². The number of aliphatic carboxylic acids is 1. The standard InChI is InChI=1S/C13H18F3NO3/c1-7(8(2)12(19)20)11(18)17-10-5-3-9(4-6-10)13(14,15)16/h9-10H,3-6H2,1-2H3,(H,17,18)(H,19,20). The highest BCUT2D eigenvalue weighted by molar-refractivity contribution is 6.01. The summed E-state index contributed by atoms with van der Waals surface area (Å²) in [6.07, 6.45) is -3.67. The lowest BCUT2D eigenvalue weighted by Gasteiger charge is -2.30. The van der Waals surface area contributed by atoms with Crippen molar-refractivity contribution < 1.29 is 27.9 Å². The molecule has 0 bridgehead atoms. The quantitative estimate of drug-likeness (QED) is 0.786. The van der Waals surface area contributed by atoms with Crippen molar-refractivity contribution in [1.82, 2.24) is 5.32 Å². The summed E-state index contributed by atoms with van der Waals surface area (Å²) >= 11 is 0. The molecule has 0 aromatic heterocycles. The first-order valence-electron chi connectivity index (χ1n) is 6.41. The fourth-order valence-electron chi connectivity index (χ4n) is 2.19. The fourth-order valence-corrected chi connectivity index (χ4v) is 2.19. The summed E-state index contributed by atoms with van der Waals surface area (Å²) in [5.41, 5.74) is 0.0157. The topological polar surface area (TPSA) is 66.4 Å². The molecule has 1 fully saturated rings. The van der Waals surface area contributed by atoms with Gasteiger partial charge in [-0.3, -0.25) is 4.79 Å². The molecule has 20 heavy (non-hydrogen) atoms. The number of alkyl halides is 3. The number of halogens is 3. The van der Waals surface area contributed by atoms with Gasteiger partial charge in [0.2, 0.25) is 5.91 Å². The molecule has 0 saturated heterocycles. The van der Waals surface area contributed by atoms with Crippen molar-refractivity contribution in [3.63, 3.8) is 0 Å². The number of amides is 1. The van der Waals surface area contributed by atoms with Gasteiger partial charge in [-0.2, -0.15) is 13.2 Å². The number of rotatable bonds is 3. The second-order valence-electron chi connectivity index (χ2n) is 5.12. The Labute approximate surface area is 115 Å². The van der Waals surface area contributed by atoms with E-state index in [0.29, 0.717) is 0 Å². The number of nitrogens with one attached hydrogen (secondary N) is 1. The highest BCUT2D eigenvalue weighted by Crippen LogP contribution is 2.37. The smallest absolute Gasteiger partial charge is 0.391 e. The SMILES string of the molecule is CC(C(=O)O)=C(C)C(=O)NC1CCC(C(F)(F)F)CC1. The minimum Gasteiger partial charge on any atom is -0.478 e. The van der Waals surface area contributed by atoms with E-state index in [1.54, 1.807) is 0 Å². The van der Waals surface area contributed by atoms with Crippen LogP contribution in [0.5, 0.6) is 0 Å². The molecule has 1 saturated carbocycles. The Kier molecular flexibility index (Phi) is 5.19. The first-order chi connectivity index (χ1) is 9.12. The number of hydrogen-bond donors (Lipinski definition) is 2. The van der Waals surface area contributed by atoms with Crippen molar-refractivity contribution in [2.45, 2.75) is 51.7 Å². The van der Waals surface area contributed by atoms with Gasteiger partial charge in [-0.15, -0.1) is 0 Å². The molecule has 7 heteroatoms. The summed E-state index contributed by atoms with van der Waals surface area (Å²) in [5.74, 6) is -3.01. The number of carbonyl (C=O) groups is 2. The van der Waals surface area contributed by atoms with Crippen LogP contribution >= 0.6 is 0 Å². The number of carboxylic acid groups (broad SMARTS) is 1. The molecule has 1 aliphatic carbocycles. The van der Waals surface area contributed by atoms with Gasteiger partial charge < -0.3 is 10.4 Å². The first-order valence-corrected chi connectivity index (χ1v) is 6.41. The molecule has 1 amide bonds. The second-order valence-corrected chi connectivity index (χ2v) is 5.12. The molecule has 2 N–H and O–H groups in total. The molecule has 0 heterocycles. The van der Waals surface area contributed by atoms with E-state index in [1.165, 1.54) is 13.8 Å². The minimum atomic E-state index is -4.18. The Morgan fingerprint density at radius 3 is 1.95 bits per heavy atom. The Hall–Kier alpha value is -1.53. The Morgan fingerprint density at radius 1 is 1.05 bits per heavy atom. The lowest BCUT2D eigenvalue weighted by Crippen LogP contribution is -2.40. The molecule has 0 aliphatic heterocycles. The van der Waals surface area contributed by atoms with Crippen molar-refractivity contribution in [2.75, 3.05) is 0 Å². The van der Waals surface area contributed by atoms with Crippen LogP contribution < -0.4 is 5.32 Å². The Bertz CT molecular complexity index is 421. The average molecular weight is 293 g/mol. The summed E-state index contributed by atoms with van der Waals surface area (Å²) in [5, 5.41) is 11.4. The van der Waals surface area contributed by atoms with Crippen LogP contribution in [0.4, 0.5) is 13.2 Å². The molecule has 0 spiro atoms. The van der Waals surface area contributed by atoms with E-state index >= 15 is 0 Å². The zero-order valence-electron chi connectivity index (χ0n) is 11.4. The lowest BCUT2D eigenvalue weighted by molar-refractivity contribution is -0.182. The maximum Gasteiger partial charge on any atom is 0.391 e. The molecule has 0 atom stereocenters. The van der Waals surface area contributed by atoms with Crippen LogP contribution in [0.1, 0.15) is 39.5 Å². The van der Waals surface area contributed by atoms with Gasteiger partial charge in [-0.1, -0.05) is 0 Å².